The van der Waals surface area contributed by atoms with Crippen LogP contribution in [0.25, 0.3) is 0 Å². The molecule has 0 radical (unpaired) electrons. The third-order valence-electron chi connectivity index (χ3n) is 3.07. The second kappa shape index (κ2) is 5.93. The number of halogens is 2. The number of benzene rings is 1. The molecule has 0 amide bonds. The minimum Gasteiger partial charge on any atom is -0.434 e. The molecule has 1 aliphatic heterocycles. The molecule has 1 aromatic carbocycles. The summed E-state index contributed by atoms with van der Waals surface area (Å²) in [5.41, 5.74) is 0.0201. The van der Waals surface area contributed by atoms with Crippen molar-refractivity contribution in [2.24, 2.45) is 4.40 Å². The maximum Gasteiger partial charge on any atom is 0.387 e. The first-order chi connectivity index (χ1) is 10.3. The highest BCUT2D eigenvalue weighted by Crippen LogP contribution is 2.35. The number of amidine groups is 1. The Kier molecular flexibility index (Phi) is 4.37. The van der Waals surface area contributed by atoms with Gasteiger partial charge in [0.15, 0.2) is 5.84 Å². The number of rotatable bonds is 4. The maximum atomic E-state index is 12.6. The van der Waals surface area contributed by atoms with Gasteiger partial charge >= 0.3 is 6.61 Å². The van der Waals surface area contributed by atoms with Gasteiger partial charge in [-0.1, -0.05) is 12.0 Å². The fraction of sp³-hybridized carbons (Fsp3) is 0.357. The molecule has 0 saturated heterocycles. The number of fused-ring (bicyclic) bond motifs is 1. The van der Waals surface area contributed by atoms with Crippen LogP contribution in [0.2, 0.25) is 0 Å². The lowest BCUT2D eigenvalue weighted by Gasteiger charge is -2.27. The van der Waals surface area contributed by atoms with Crippen LogP contribution in [0.1, 0.15) is 19.4 Å². The number of alkyl halides is 2. The summed E-state index contributed by atoms with van der Waals surface area (Å²) >= 11 is 0. The highest BCUT2D eigenvalue weighted by atomic mass is 32.2. The van der Waals surface area contributed by atoms with E-state index in [0.29, 0.717) is 0 Å². The number of hydrogen-bond donors (Lipinski definition) is 0. The van der Waals surface area contributed by atoms with E-state index >= 15 is 0 Å². The summed E-state index contributed by atoms with van der Waals surface area (Å²) in [6, 6.07) is 3.73. The molecule has 0 saturated carbocycles. The van der Waals surface area contributed by atoms with Crippen LogP contribution in [-0.2, 0) is 10.0 Å². The standard InChI is InChI=1S/C14H14F2N2O3S/c1-4-8-18(9(2)3)13-12-10(21-14(15)16)6-5-7-11(12)22(19,20)17-13/h1,5-7,9,14H,8H2,2-3H3. The first-order valence-electron chi connectivity index (χ1n) is 6.41. The SMILES string of the molecule is C#CCN(C1=NS(=O)(=O)c2cccc(OC(F)F)c21)C(C)C. The predicted octanol–water partition coefficient (Wildman–Crippen LogP) is 2.08. The molecule has 0 aromatic heterocycles. The molecule has 0 aliphatic carbocycles. The highest BCUT2D eigenvalue weighted by molar-refractivity contribution is 7.90. The Hall–Kier alpha value is -2.14. The molecule has 0 N–H and O–H groups in total. The lowest BCUT2D eigenvalue weighted by Crippen LogP contribution is -2.37. The third-order valence-corrected chi connectivity index (χ3v) is 4.38. The summed E-state index contributed by atoms with van der Waals surface area (Å²) < 4.78 is 57.5. The van der Waals surface area contributed by atoms with Crippen molar-refractivity contribution in [3.63, 3.8) is 0 Å². The van der Waals surface area contributed by atoms with Gasteiger partial charge in [-0.15, -0.1) is 10.8 Å². The lowest BCUT2D eigenvalue weighted by molar-refractivity contribution is -0.0501. The summed E-state index contributed by atoms with van der Waals surface area (Å²) in [5, 5.41) is 0. The van der Waals surface area contributed by atoms with E-state index in [1.165, 1.54) is 18.2 Å². The van der Waals surface area contributed by atoms with Crippen molar-refractivity contribution in [2.75, 3.05) is 6.54 Å². The van der Waals surface area contributed by atoms with Gasteiger partial charge in [0.1, 0.15) is 10.6 Å². The summed E-state index contributed by atoms with van der Waals surface area (Å²) in [6.07, 6.45) is 5.29. The molecule has 0 spiro atoms. The molecule has 0 bridgehead atoms. The van der Waals surface area contributed by atoms with Crippen molar-refractivity contribution in [3.05, 3.63) is 23.8 Å². The first-order valence-corrected chi connectivity index (χ1v) is 7.85. The van der Waals surface area contributed by atoms with Gasteiger partial charge < -0.3 is 9.64 Å². The van der Waals surface area contributed by atoms with Crippen LogP contribution in [0, 0.1) is 12.3 Å². The van der Waals surface area contributed by atoms with Crippen LogP contribution in [-0.4, -0.2) is 38.4 Å². The number of terminal acetylenes is 1. The van der Waals surface area contributed by atoms with Gasteiger partial charge in [0, 0.05) is 6.04 Å². The molecular weight excluding hydrogens is 314 g/mol. The fourth-order valence-corrected chi connectivity index (χ4v) is 3.37. The van der Waals surface area contributed by atoms with Crippen LogP contribution in [0.4, 0.5) is 8.78 Å². The van der Waals surface area contributed by atoms with E-state index in [9.17, 15) is 17.2 Å². The van der Waals surface area contributed by atoms with Crippen molar-refractivity contribution in [1.29, 1.82) is 0 Å². The Bertz CT molecular complexity index is 752. The van der Waals surface area contributed by atoms with Gasteiger partial charge in [0.2, 0.25) is 0 Å². The van der Waals surface area contributed by atoms with E-state index in [1.807, 2.05) is 0 Å². The summed E-state index contributed by atoms with van der Waals surface area (Å²) in [4.78, 5) is 1.38. The number of sulfonamides is 1. The molecule has 0 fully saturated rings. The zero-order valence-electron chi connectivity index (χ0n) is 12.0. The molecule has 118 valence electrons. The summed E-state index contributed by atoms with van der Waals surface area (Å²) in [5.74, 6) is 2.19. The average molecular weight is 328 g/mol. The Labute approximate surface area is 127 Å². The van der Waals surface area contributed by atoms with Gasteiger partial charge in [-0.05, 0) is 26.0 Å². The Morgan fingerprint density at radius 1 is 1.41 bits per heavy atom. The van der Waals surface area contributed by atoms with Gasteiger partial charge in [-0.25, -0.2) is 0 Å². The smallest absolute Gasteiger partial charge is 0.387 e. The molecule has 5 nitrogen and oxygen atoms in total. The van der Waals surface area contributed by atoms with E-state index in [4.69, 9.17) is 6.42 Å². The Morgan fingerprint density at radius 3 is 2.64 bits per heavy atom. The number of ether oxygens (including phenoxy) is 1. The van der Waals surface area contributed by atoms with Gasteiger partial charge in [0.25, 0.3) is 10.0 Å². The van der Waals surface area contributed by atoms with Crippen molar-refractivity contribution in [3.8, 4) is 18.1 Å². The Balaban J connectivity index is 2.64. The maximum absolute atomic E-state index is 12.6. The normalized spacial score (nSPS) is 15.4. The zero-order valence-corrected chi connectivity index (χ0v) is 12.8. The second-order valence-electron chi connectivity index (χ2n) is 4.82. The summed E-state index contributed by atoms with van der Waals surface area (Å²) in [7, 11) is -3.96. The van der Waals surface area contributed by atoms with Crippen LogP contribution in [0.15, 0.2) is 27.5 Å². The topological polar surface area (TPSA) is 59.0 Å². The molecule has 0 atom stereocenters. The van der Waals surface area contributed by atoms with E-state index < -0.39 is 16.6 Å². The molecule has 22 heavy (non-hydrogen) atoms. The largest absolute Gasteiger partial charge is 0.434 e. The van der Waals surface area contributed by atoms with E-state index in [0.717, 1.165) is 0 Å². The lowest BCUT2D eigenvalue weighted by atomic mass is 10.1. The van der Waals surface area contributed by atoms with Crippen molar-refractivity contribution in [2.45, 2.75) is 31.4 Å². The van der Waals surface area contributed by atoms with E-state index in [1.54, 1.807) is 18.7 Å². The van der Waals surface area contributed by atoms with Crippen molar-refractivity contribution >= 4 is 15.9 Å². The molecular formula is C14H14F2N2O3S. The molecule has 1 aliphatic rings. The molecule has 0 unspecified atom stereocenters. The zero-order chi connectivity index (χ0) is 16.5. The molecule has 1 aromatic rings. The minimum atomic E-state index is -3.96. The molecule has 2 rings (SSSR count). The first kappa shape index (κ1) is 16.2. The van der Waals surface area contributed by atoms with Crippen LogP contribution < -0.4 is 4.74 Å². The fourth-order valence-electron chi connectivity index (χ4n) is 2.15. The van der Waals surface area contributed by atoms with Crippen molar-refractivity contribution < 1.29 is 21.9 Å². The number of hydrogen-bond acceptors (Lipinski definition) is 4. The quantitative estimate of drug-likeness (QED) is 0.794. The second-order valence-corrected chi connectivity index (χ2v) is 6.40. The van der Waals surface area contributed by atoms with E-state index in [-0.39, 0.29) is 34.6 Å². The van der Waals surface area contributed by atoms with Crippen LogP contribution >= 0.6 is 0 Å². The minimum absolute atomic E-state index is 0.0201. The number of nitrogens with zero attached hydrogens (tertiary/aromatic N) is 2. The molecule has 1 heterocycles. The van der Waals surface area contributed by atoms with Crippen LogP contribution in [0.5, 0.6) is 5.75 Å². The van der Waals surface area contributed by atoms with E-state index in [2.05, 4.69) is 15.1 Å². The average Bonchev–Trinajstić information content (AvgIpc) is 2.68. The predicted molar refractivity (Wildman–Crippen MR) is 77.5 cm³/mol. The highest BCUT2D eigenvalue weighted by Gasteiger charge is 2.36. The Morgan fingerprint density at radius 2 is 2.09 bits per heavy atom. The van der Waals surface area contributed by atoms with Crippen LogP contribution in [0.3, 0.4) is 0 Å². The van der Waals surface area contributed by atoms with Gasteiger partial charge in [-0.3, -0.25) is 0 Å². The van der Waals surface area contributed by atoms with Gasteiger partial charge in [-0.2, -0.15) is 17.2 Å². The van der Waals surface area contributed by atoms with Gasteiger partial charge in [0.05, 0.1) is 12.1 Å². The summed E-state index contributed by atoms with van der Waals surface area (Å²) in [6.45, 7) is 0.604. The molecule has 8 heteroatoms. The monoisotopic (exact) mass is 328 g/mol. The third kappa shape index (κ3) is 2.90. The van der Waals surface area contributed by atoms with Crippen molar-refractivity contribution in [1.82, 2.24) is 4.90 Å².